The van der Waals surface area contributed by atoms with Crippen molar-refractivity contribution in [2.75, 3.05) is 20.2 Å². The number of hydrogen-bond acceptors (Lipinski definition) is 4. The number of amides is 1. The predicted octanol–water partition coefficient (Wildman–Crippen LogP) is 2.80. The van der Waals surface area contributed by atoms with Crippen LogP contribution in [0, 0.1) is 5.92 Å². The number of methoxy groups -OCH3 is 1. The van der Waals surface area contributed by atoms with Gasteiger partial charge in [0.15, 0.2) is 0 Å². The summed E-state index contributed by atoms with van der Waals surface area (Å²) < 4.78 is 5.17. The van der Waals surface area contributed by atoms with Crippen molar-refractivity contribution in [1.29, 1.82) is 0 Å². The van der Waals surface area contributed by atoms with Gasteiger partial charge >= 0.3 is 5.97 Å². The van der Waals surface area contributed by atoms with Crippen LogP contribution >= 0.6 is 0 Å². The van der Waals surface area contributed by atoms with Gasteiger partial charge < -0.3 is 14.7 Å². The van der Waals surface area contributed by atoms with Crippen molar-refractivity contribution in [1.82, 2.24) is 15.1 Å². The summed E-state index contributed by atoms with van der Waals surface area (Å²) in [7, 11) is 1.61. The molecule has 2 aromatic rings. The molecule has 138 valence electrons. The van der Waals surface area contributed by atoms with E-state index in [0.717, 1.165) is 24.2 Å². The Labute approximate surface area is 152 Å². The minimum absolute atomic E-state index is 0.0652. The molecule has 1 fully saturated rings. The lowest BCUT2D eigenvalue weighted by Crippen LogP contribution is -2.40. The van der Waals surface area contributed by atoms with Crippen molar-refractivity contribution >= 4 is 11.9 Å². The second-order valence-corrected chi connectivity index (χ2v) is 6.58. The number of nitrogens with one attached hydrogen (secondary N) is 1. The number of benzene rings is 1. The maximum atomic E-state index is 13.0. The second kappa shape index (κ2) is 8.03. The van der Waals surface area contributed by atoms with Crippen molar-refractivity contribution in [3.63, 3.8) is 0 Å². The van der Waals surface area contributed by atoms with Crippen LogP contribution in [0.1, 0.15) is 36.0 Å². The van der Waals surface area contributed by atoms with Gasteiger partial charge in [-0.1, -0.05) is 0 Å². The van der Waals surface area contributed by atoms with Crippen molar-refractivity contribution in [3.05, 3.63) is 36.0 Å². The van der Waals surface area contributed by atoms with Crippen molar-refractivity contribution < 1.29 is 19.4 Å². The second-order valence-electron chi connectivity index (χ2n) is 6.58. The van der Waals surface area contributed by atoms with Crippen LogP contribution in [0.5, 0.6) is 5.75 Å². The van der Waals surface area contributed by atoms with Crippen LogP contribution in [0.25, 0.3) is 11.3 Å². The van der Waals surface area contributed by atoms with E-state index in [0.29, 0.717) is 30.8 Å². The SMILES string of the molecule is COc1ccc(-c2[nH]ncc2C(=O)N2CCCC(CCC(=O)O)C2)cc1. The molecule has 0 bridgehead atoms. The summed E-state index contributed by atoms with van der Waals surface area (Å²) in [4.78, 5) is 25.6. The fourth-order valence-corrected chi connectivity index (χ4v) is 3.41. The van der Waals surface area contributed by atoms with Gasteiger partial charge in [-0.2, -0.15) is 5.10 Å². The van der Waals surface area contributed by atoms with Crippen LogP contribution in [0.3, 0.4) is 0 Å². The summed E-state index contributed by atoms with van der Waals surface area (Å²) in [5.41, 5.74) is 2.09. The number of carbonyl (C=O) groups is 2. The highest BCUT2D eigenvalue weighted by atomic mass is 16.5. The standard InChI is InChI=1S/C19H23N3O4/c1-26-15-7-5-14(6-8-15)18-16(11-20-21-18)19(25)22-10-2-3-13(12-22)4-9-17(23)24/h5-8,11,13H,2-4,9-10,12H2,1H3,(H,20,21)(H,23,24). The molecule has 2 N–H and O–H groups in total. The predicted molar refractivity (Wildman–Crippen MR) is 96.1 cm³/mol. The van der Waals surface area contributed by atoms with Gasteiger partial charge in [0.25, 0.3) is 5.91 Å². The van der Waals surface area contributed by atoms with Crippen LogP contribution < -0.4 is 4.74 Å². The molecule has 1 unspecified atom stereocenters. The van der Waals surface area contributed by atoms with Crippen molar-refractivity contribution in [3.8, 4) is 17.0 Å². The third-order valence-electron chi connectivity index (χ3n) is 4.82. The number of nitrogens with zero attached hydrogens (tertiary/aromatic N) is 2. The normalized spacial score (nSPS) is 17.1. The van der Waals surface area contributed by atoms with E-state index < -0.39 is 5.97 Å². The molecule has 26 heavy (non-hydrogen) atoms. The van der Waals surface area contributed by atoms with E-state index >= 15 is 0 Å². The Balaban J connectivity index is 1.73. The van der Waals surface area contributed by atoms with Gasteiger partial charge in [0.1, 0.15) is 5.75 Å². The average molecular weight is 357 g/mol. The van der Waals surface area contributed by atoms with Crippen LogP contribution in [0.4, 0.5) is 0 Å². The number of aromatic amines is 1. The maximum Gasteiger partial charge on any atom is 0.303 e. The fraction of sp³-hybridized carbons (Fsp3) is 0.421. The van der Waals surface area contributed by atoms with E-state index in [1.807, 2.05) is 29.2 Å². The molecule has 1 atom stereocenters. The Hall–Kier alpha value is -2.83. The number of H-pyrrole nitrogens is 1. The van der Waals surface area contributed by atoms with Gasteiger partial charge in [-0.15, -0.1) is 0 Å². The molecule has 1 aromatic carbocycles. The molecule has 1 saturated heterocycles. The third kappa shape index (κ3) is 4.04. The minimum Gasteiger partial charge on any atom is -0.497 e. The largest absolute Gasteiger partial charge is 0.497 e. The molecule has 3 rings (SSSR count). The van der Waals surface area contributed by atoms with E-state index in [9.17, 15) is 9.59 Å². The summed E-state index contributed by atoms with van der Waals surface area (Å²) >= 11 is 0. The molecule has 7 heteroatoms. The summed E-state index contributed by atoms with van der Waals surface area (Å²) in [5.74, 6) is 0.133. The Bertz CT molecular complexity index is 769. The average Bonchev–Trinajstić information content (AvgIpc) is 3.16. The highest BCUT2D eigenvalue weighted by molar-refractivity contribution is 5.99. The quantitative estimate of drug-likeness (QED) is 0.829. The zero-order valence-corrected chi connectivity index (χ0v) is 14.8. The number of ether oxygens (including phenoxy) is 1. The lowest BCUT2D eigenvalue weighted by Gasteiger charge is -2.32. The van der Waals surface area contributed by atoms with E-state index in [-0.39, 0.29) is 18.2 Å². The van der Waals surface area contributed by atoms with E-state index in [4.69, 9.17) is 9.84 Å². The first-order valence-corrected chi connectivity index (χ1v) is 8.77. The number of likely N-dealkylation sites (tertiary alicyclic amines) is 1. The monoisotopic (exact) mass is 357 g/mol. The first kappa shape index (κ1) is 18.0. The molecule has 0 spiro atoms. The molecule has 1 amide bonds. The van der Waals surface area contributed by atoms with E-state index in [2.05, 4.69) is 10.2 Å². The molecular weight excluding hydrogens is 334 g/mol. The molecule has 0 aliphatic carbocycles. The van der Waals surface area contributed by atoms with E-state index in [1.54, 1.807) is 13.3 Å². The summed E-state index contributed by atoms with van der Waals surface area (Å²) in [5, 5.41) is 15.8. The molecule has 7 nitrogen and oxygen atoms in total. The molecule has 1 aromatic heterocycles. The zero-order chi connectivity index (χ0) is 18.5. The number of rotatable bonds is 6. The topological polar surface area (TPSA) is 95.5 Å². The summed E-state index contributed by atoms with van der Waals surface area (Å²) in [6.45, 7) is 1.29. The van der Waals surface area contributed by atoms with Crippen molar-refractivity contribution in [2.45, 2.75) is 25.7 Å². The number of carbonyl (C=O) groups excluding carboxylic acids is 1. The number of aliphatic carboxylic acids is 1. The maximum absolute atomic E-state index is 13.0. The number of piperidine rings is 1. The minimum atomic E-state index is -0.787. The number of carboxylic acids is 1. The van der Waals surface area contributed by atoms with Gasteiger partial charge in [0, 0.05) is 25.1 Å². The fourth-order valence-electron chi connectivity index (χ4n) is 3.41. The highest BCUT2D eigenvalue weighted by Crippen LogP contribution is 2.27. The Kier molecular flexibility index (Phi) is 5.55. The molecule has 2 heterocycles. The van der Waals surface area contributed by atoms with Crippen LogP contribution in [-0.2, 0) is 4.79 Å². The van der Waals surface area contributed by atoms with Gasteiger partial charge in [0.2, 0.25) is 0 Å². The molecule has 1 aliphatic rings. The lowest BCUT2D eigenvalue weighted by molar-refractivity contribution is -0.137. The summed E-state index contributed by atoms with van der Waals surface area (Å²) in [6.07, 6.45) is 4.17. The Morgan fingerprint density at radius 3 is 2.81 bits per heavy atom. The number of aromatic nitrogens is 2. The molecule has 1 aliphatic heterocycles. The molecular formula is C19H23N3O4. The third-order valence-corrected chi connectivity index (χ3v) is 4.82. The van der Waals surface area contributed by atoms with Gasteiger partial charge in [0.05, 0.1) is 24.6 Å². The number of hydrogen-bond donors (Lipinski definition) is 2. The number of carboxylic acid groups (broad SMARTS) is 1. The first-order valence-electron chi connectivity index (χ1n) is 8.77. The lowest BCUT2D eigenvalue weighted by atomic mass is 9.93. The molecule has 0 saturated carbocycles. The van der Waals surface area contributed by atoms with Gasteiger partial charge in [-0.05, 0) is 49.4 Å². The van der Waals surface area contributed by atoms with Crippen molar-refractivity contribution in [2.24, 2.45) is 5.92 Å². The highest BCUT2D eigenvalue weighted by Gasteiger charge is 2.27. The Morgan fingerprint density at radius 1 is 1.35 bits per heavy atom. The van der Waals surface area contributed by atoms with Gasteiger partial charge in [-0.3, -0.25) is 14.7 Å². The molecule has 0 radical (unpaired) electrons. The van der Waals surface area contributed by atoms with Crippen LogP contribution in [-0.4, -0.2) is 52.3 Å². The van der Waals surface area contributed by atoms with E-state index in [1.165, 1.54) is 0 Å². The smallest absolute Gasteiger partial charge is 0.303 e. The van der Waals surface area contributed by atoms with Crippen LogP contribution in [0.15, 0.2) is 30.5 Å². The summed E-state index contributed by atoms with van der Waals surface area (Å²) in [6, 6.07) is 7.45. The first-order chi connectivity index (χ1) is 12.6. The van der Waals surface area contributed by atoms with Gasteiger partial charge in [-0.25, -0.2) is 0 Å². The zero-order valence-electron chi connectivity index (χ0n) is 14.8. The Morgan fingerprint density at radius 2 is 2.12 bits per heavy atom. The van der Waals surface area contributed by atoms with Crippen LogP contribution in [0.2, 0.25) is 0 Å².